The van der Waals surface area contributed by atoms with Crippen molar-refractivity contribution in [3.63, 3.8) is 0 Å². The van der Waals surface area contributed by atoms with E-state index in [1.807, 2.05) is 28.3 Å². The molecule has 3 heterocycles. The van der Waals surface area contributed by atoms with Gasteiger partial charge in [-0.1, -0.05) is 36.4 Å². The molecule has 0 bridgehead atoms. The topological polar surface area (TPSA) is 65.9 Å². The van der Waals surface area contributed by atoms with Crippen molar-refractivity contribution < 1.29 is 9.59 Å². The molecule has 1 saturated heterocycles. The highest BCUT2D eigenvalue weighted by Crippen LogP contribution is 2.46. The van der Waals surface area contributed by atoms with Crippen LogP contribution in [0.3, 0.4) is 0 Å². The third-order valence-electron chi connectivity index (χ3n) is 8.02. The molecule has 3 aromatic rings. The lowest BCUT2D eigenvalue weighted by Crippen LogP contribution is -2.40. The first-order valence-electron chi connectivity index (χ1n) is 12.7. The second-order valence-electron chi connectivity index (χ2n) is 10.6. The summed E-state index contributed by atoms with van der Waals surface area (Å²) < 4.78 is 0. The molecule has 7 rings (SSSR count). The highest BCUT2D eigenvalue weighted by atomic mass is 16.2. The minimum atomic E-state index is -0.526. The monoisotopic (exact) mass is 464 g/mol. The fourth-order valence-electron chi connectivity index (χ4n) is 5.60. The van der Waals surface area contributed by atoms with Crippen molar-refractivity contribution in [1.82, 2.24) is 14.8 Å². The largest absolute Gasteiger partial charge is 0.342 e. The van der Waals surface area contributed by atoms with Gasteiger partial charge in [0.05, 0.1) is 0 Å². The number of pyridine rings is 1. The van der Waals surface area contributed by atoms with Gasteiger partial charge in [0.15, 0.2) is 0 Å². The SMILES string of the molecule is O=C(C1CC1)N1CC[C@@H](CN2C(=O)C3(CC3)N=C2c2ccc(-c3ccc4ccncc4c3)cc2)C1. The molecule has 6 nitrogen and oxygen atoms in total. The third kappa shape index (κ3) is 3.63. The first kappa shape index (κ1) is 20.8. The Morgan fingerprint density at radius 2 is 1.71 bits per heavy atom. The third-order valence-corrected chi connectivity index (χ3v) is 8.02. The van der Waals surface area contributed by atoms with Crippen LogP contribution >= 0.6 is 0 Å². The van der Waals surface area contributed by atoms with Gasteiger partial charge in [-0.25, -0.2) is 0 Å². The molecule has 0 radical (unpaired) electrons. The highest BCUT2D eigenvalue weighted by Gasteiger charge is 2.57. The van der Waals surface area contributed by atoms with Gasteiger partial charge in [0.2, 0.25) is 5.91 Å². The number of nitrogens with zero attached hydrogens (tertiary/aromatic N) is 4. The van der Waals surface area contributed by atoms with Gasteiger partial charge in [0.25, 0.3) is 5.91 Å². The van der Waals surface area contributed by atoms with Gasteiger partial charge in [-0.05, 0) is 66.7 Å². The Morgan fingerprint density at radius 3 is 2.49 bits per heavy atom. The molecule has 6 heteroatoms. The smallest absolute Gasteiger partial charge is 0.256 e. The predicted octanol–water partition coefficient (Wildman–Crippen LogP) is 4.28. The summed E-state index contributed by atoms with van der Waals surface area (Å²) in [6, 6.07) is 16.8. The summed E-state index contributed by atoms with van der Waals surface area (Å²) in [4.78, 5) is 38.9. The zero-order valence-electron chi connectivity index (χ0n) is 19.7. The Labute approximate surface area is 204 Å². The molecule has 0 N–H and O–H groups in total. The van der Waals surface area contributed by atoms with Crippen molar-refractivity contribution in [1.29, 1.82) is 0 Å². The van der Waals surface area contributed by atoms with Crippen molar-refractivity contribution in [3.05, 3.63) is 66.5 Å². The first-order chi connectivity index (χ1) is 17.1. The Balaban J connectivity index is 1.12. The normalized spacial score (nSPS) is 22.8. The van der Waals surface area contributed by atoms with E-state index in [4.69, 9.17) is 4.99 Å². The number of aliphatic imine (C=N–C) groups is 1. The molecule has 0 unspecified atom stereocenters. The van der Waals surface area contributed by atoms with E-state index in [1.54, 1.807) is 0 Å². The molecule has 1 aromatic heterocycles. The van der Waals surface area contributed by atoms with Crippen LogP contribution < -0.4 is 0 Å². The van der Waals surface area contributed by atoms with Gasteiger partial charge < -0.3 is 4.90 Å². The van der Waals surface area contributed by atoms with E-state index < -0.39 is 5.54 Å². The summed E-state index contributed by atoms with van der Waals surface area (Å²) in [6.07, 6.45) is 8.41. The van der Waals surface area contributed by atoms with E-state index in [0.29, 0.717) is 18.4 Å². The van der Waals surface area contributed by atoms with E-state index in [2.05, 4.69) is 47.4 Å². The fourth-order valence-corrected chi connectivity index (χ4v) is 5.60. The molecular formula is C29H28N4O2. The van der Waals surface area contributed by atoms with Crippen LogP contribution in [0.25, 0.3) is 21.9 Å². The van der Waals surface area contributed by atoms with Crippen LogP contribution in [0, 0.1) is 11.8 Å². The summed E-state index contributed by atoms with van der Waals surface area (Å²) in [5.41, 5.74) is 2.73. The number of benzene rings is 2. The van der Waals surface area contributed by atoms with Crippen molar-refractivity contribution in [2.75, 3.05) is 19.6 Å². The molecule has 2 aliphatic carbocycles. The Kier molecular flexibility index (Phi) is 4.60. The minimum Gasteiger partial charge on any atom is -0.342 e. The molecule has 4 aliphatic rings. The minimum absolute atomic E-state index is 0.144. The molecule has 1 spiro atoms. The van der Waals surface area contributed by atoms with Crippen LogP contribution in [0.5, 0.6) is 0 Å². The number of amides is 2. The van der Waals surface area contributed by atoms with E-state index in [0.717, 1.165) is 73.1 Å². The summed E-state index contributed by atoms with van der Waals surface area (Å²) in [6.45, 7) is 2.22. The van der Waals surface area contributed by atoms with Crippen molar-refractivity contribution in [2.24, 2.45) is 16.8 Å². The van der Waals surface area contributed by atoms with Crippen LogP contribution in [0.15, 0.2) is 65.9 Å². The molecule has 3 fully saturated rings. The lowest BCUT2D eigenvalue weighted by atomic mass is 10.0. The molecule has 2 aliphatic heterocycles. The Hall–Kier alpha value is -3.54. The molecule has 2 saturated carbocycles. The number of aromatic nitrogens is 1. The second kappa shape index (κ2) is 7.74. The summed E-state index contributed by atoms with van der Waals surface area (Å²) in [7, 11) is 0. The van der Waals surface area contributed by atoms with E-state index in [1.165, 1.54) is 5.39 Å². The highest BCUT2D eigenvalue weighted by molar-refractivity contribution is 6.16. The maximum absolute atomic E-state index is 13.3. The summed E-state index contributed by atoms with van der Waals surface area (Å²) >= 11 is 0. The Bertz CT molecular complexity index is 1370. The molecular weight excluding hydrogens is 436 g/mol. The van der Waals surface area contributed by atoms with Crippen molar-refractivity contribution in [3.8, 4) is 11.1 Å². The molecule has 35 heavy (non-hydrogen) atoms. The number of carbonyl (C=O) groups excluding carboxylic acids is 2. The van der Waals surface area contributed by atoms with Crippen molar-refractivity contribution in [2.45, 2.75) is 37.6 Å². The summed E-state index contributed by atoms with van der Waals surface area (Å²) in [5, 5.41) is 2.29. The molecule has 2 amide bonds. The quantitative estimate of drug-likeness (QED) is 0.566. The van der Waals surface area contributed by atoms with Gasteiger partial charge in [-0.2, -0.15) is 0 Å². The molecule has 2 aromatic carbocycles. The maximum Gasteiger partial charge on any atom is 0.256 e. The van der Waals surface area contributed by atoms with Gasteiger partial charge in [-0.15, -0.1) is 0 Å². The average Bonchev–Trinajstić information content (AvgIpc) is 3.82. The lowest BCUT2D eigenvalue weighted by molar-refractivity contribution is -0.131. The van der Waals surface area contributed by atoms with E-state index >= 15 is 0 Å². The molecule has 176 valence electrons. The number of carbonyl (C=O) groups is 2. The van der Waals surface area contributed by atoms with Crippen molar-refractivity contribution >= 4 is 28.4 Å². The standard InChI is InChI=1S/C29H28N4O2/c34-27(23-6-7-23)32-14-10-19(17-32)18-33-26(31-29(11-12-29)28(33)35)22-4-1-20(2-5-22)24-8-3-21-9-13-30-16-25(21)15-24/h1-5,8-9,13,15-16,19,23H,6-7,10-12,14,17-18H2/t19-/m1/s1. The first-order valence-corrected chi connectivity index (χ1v) is 12.7. The van der Waals surface area contributed by atoms with E-state index in [9.17, 15) is 9.59 Å². The second-order valence-corrected chi connectivity index (χ2v) is 10.6. The number of fused-ring (bicyclic) bond motifs is 1. The zero-order valence-corrected chi connectivity index (χ0v) is 19.7. The predicted molar refractivity (Wildman–Crippen MR) is 135 cm³/mol. The number of hydrogen-bond donors (Lipinski definition) is 0. The van der Waals surface area contributed by atoms with Gasteiger partial charge in [0.1, 0.15) is 11.4 Å². The molecule has 1 atom stereocenters. The Morgan fingerprint density at radius 1 is 0.943 bits per heavy atom. The van der Waals surface area contributed by atoms with Crippen LogP contribution in [-0.4, -0.2) is 57.6 Å². The van der Waals surface area contributed by atoms with Crippen LogP contribution in [0.2, 0.25) is 0 Å². The van der Waals surface area contributed by atoms with Gasteiger partial charge in [-0.3, -0.25) is 24.5 Å². The van der Waals surface area contributed by atoms with Crippen LogP contribution in [0.4, 0.5) is 0 Å². The average molecular weight is 465 g/mol. The number of likely N-dealkylation sites (tertiary alicyclic amines) is 1. The number of rotatable bonds is 5. The van der Waals surface area contributed by atoms with E-state index in [-0.39, 0.29) is 11.8 Å². The zero-order chi connectivity index (χ0) is 23.6. The van der Waals surface area contributed by atoms with Crippen LogP contribution in [-0.2, 0) is 9.59 Å². The fraction of sp³-hybridized carbons (Fsp3) is 0.379. The summed E-state index contributed by atoms with van der Waals surface area (Å²) in [5.74, 6) is 1.82. The lowest BCUT2D eigenvalue weighted by Gasteiger charge is -2.23. The maximum atomic E-state index is 13.3. The number of amidine groups is 1. The van der Waals surface area contributed by atoms with Gasteiger partial charge >= 0.3 is 0 Å². The number of hydrogen-bond acceptors (Lipinski definition) is 4. The van der Waals surface area contributed by atoms with Gasteiger partial charge in [0, 0.05) is 48.9 Å². The van der Waals surface area contributed by atoms with Crippen LogP contribution in [0.1, 0.15) is 37.7 Å².